The van der Waals surface area contributed by atoms with E-state index in [9.17, 15) is 31.5 Å². The van der Waals surface area contributed by atoms with E-state index in [1.807, 2.05) is 4.98 Å². The predicted octanol–water partition coefficient (Wildman–Crippen LogP) is -2.88. The number of aromatic nitrogens is 2. The fourth-order valence-electron chi connectivity index (χ4n) is 2.22. The summed E-state index contributed by atoms with van der Waals surface area (Å²) in [6.45, 7) is -0.648. The van der Waals surface area contributed by atoms with Crippen LogP contribution in [0.15, 0.2) is 21.9 Å². The Hall–Kier alpha value is -1.58. The van der Waals surface area contributed by atoms with Crippen molar-refractivity contribution in [1.29, 1.82) is 0 Å². The number of hydrogen-bond donors (Lipinski definition) is 2. The first kappa shape index (κ1) is 19.7. The Morgan fingerprint density at radius 2 is 1.88 bits per heavy atom. The Morgan fingerprint density at radius 3 is 2.40 bits per heavy atom. The summed E-state index contributed by atoms with van der Waals surface area (Å²) in [7, 11) is -7.91. The molecular weight excluding hydrogens is 384 g/mol. The second-order valence-corrected chi connectivity index (χ2v) is 8.57. The lowest BCUT2D eigenvalue weighted by atomic mass is 10.1. The molecule has 0 bridgehead atoms. The van der Waals surface area contributed by atoms with Crippen LogP contribution >= 0.6 is 0 Å². The third kappa shape index (κ3) is 5.20. The lowest BCUT2D eigenvalue weighted by molar-refractivity contribution is -0.0504. The molecule has 3 unspecified atom stereocenters. The summed E-state index contributed by atoms with van der Waals surface area (Å²) < 4.78 is 60.4. The quantitative estimate of drug-likeness (QED) is 0.472. The van der Waals surface area contributed by atoms with E-state index < -0.39 is 62.6 Å². The third-order valence-corrected chi connectivity index (χ3v) is 4.30. The fourth-order valence-corrected chi connectivity index (χ4v) is 3.25. The van der Waals surface area contributed by atoms with E-state index in [4.69, 9.17) is 8.92 Å². The number of nitrogens with one attached hydrogen (secondary N) is 1. The normalized spacial score (nSPS) is 27.5. The van der Waals surface area contributed by atoms with Gasteiger partial charge in [-0.05, 0) is 0 Å². The Kier molecular flexibility index (Phi) is 5.50. The first-order chi connectivity index (χ1) is 11.4. The van der Waals surface area contributed by atoms with Crippen LogP contribution < -0.4 is 11.2 Å². The van der Waals surface area contributed by atoms with Crippen molar-refractivity contribution in [2.24, 2.45) is 0 Å². The molecule has 1 aliphatic rings. The van der Waals surface area contributed by atoms with Gasteiger partial charge in [0.2, 0.25) is 0 Å². The second-order valence-electron chi connectivity index (χ2n) is 5.33. The number of H-pyrrole nitrogens is 1. The van der Waals surface area contributed by atoms with E-state index in [1.54, 1.807) is 0 Å². The molecule has 1 fully saturated rings. The number of hydrogen-bond acceptors (Lipinski definition) is 10. The Balaban J connectivity index is 2.34. The molecule has 2 heterocycles. The molecule has 0 spiro atoms. The molecule has 25 heavy (non-hydrogen) atoms. The zero-order chi connectivity index (χ0) is 19.0. The zero-order valence-corrected chi connectivity index (χ0v) is 14.7. The van der Waals surface area contributed by atoms with Gasteiger partial charge in [0.05, 0.1) is 19.1 Å². The van der Waals surface area contributed by atoms with E-state index in [1.165, 1.54) is 0 Å². The summed E-state index contributed by atoms with van der Waals surface area (Å²) in [5.41, 5.74) is -1.60. The van der Waals surface area contributed by atoms with Gasteiger partial charge >= 0.3 is 5.69 Å². The third-order valence-electron chi connectivity index (χ3n) is 3.17. The van der Waals surface area contributed by atoms with Gasteiger partial charge in [0.15, 0.2) is 6.23 Å². The first-order valence-electron chi connectivity index (χ1n) is 6.75. The number of aromatic amines is 1. The summed E-state index contributed by atoms with van der Waals surface area (Å²) in [5, 5.41) is 10.3. The van der Waals surface area contributed by atoms with Gasteiger partial charge in [-0.3, -0.25) is 22.7 Å². The van der Waals surface area contributed by atoms with Crippen LogP contribution in [0.25, 0.3) is 0 Å². The molecule has 1 saturated heterocycles. The molecular formula is C11H16N2O10S2. The highest BCUT2D eigenvalue weighted by Crippen LogP contribution is 2.31. The SMILES string of the molecule is CS(=O)(=O)OCC1OC(n2ccc(=O)[nH]c2=O)C(O)[C@@H]1OS(C)(=O)=O. The number of ether oxygens (including phenoxy) is 1. The van der Waals surface area contributed by atoms with Crippen LogP contribution in [0.2, 0.25) is 0 Å². The predicted molar refractivity (Wildman–Crippen MR) is 81.8 cm³/mol. The van der Waals surface area contributed by atoms with Crippen LogP contribution in [0.5, 0.6) is 0 Å². The van der Waals surface area contributed by atoms with Crippen LogP contribution in [-0.2, 0) is 33.3 Å². The van der Waals surface area contributed by atoms with Crippen molar-refractivity contribution in [3.05, 3.63) is 33.1 Å². The summed E-state index contributed by atoms with van der Waals surface area (Å²) in [6.07, 6.45) is -3.39. The molecule has 0 aliphatic carbocycles. The average Bonchev–Trinajstić information content (AvgIpc) is 2.72. The van der Waals surface area contributed by atoms with Crippen molar-refractivity contribution in [3.63, 3.8) is 0 Å². The van der Waals surface area contributed by atoms with Crippen LogP contribution in [0, 0.1) is 0 Å². The maximum absolute atomic E-state index is 11.8. The van der Waals surface area contributed by atoms with Crippen molar-refractivity contribution in [3.8, 4) is 0 Å². The lowest BCUT2D eigenvalue weighted by Crippen LogP contribution is -2.40. The van der Waals surface area contributed by atoms with Gasteiger partial charge in [0, 0.05) is 12.3 Å². The largest absolute Gasteiger partial charge is 0.386 e. The number of nitrogens with zero attached hydrogens (tertiary/aromatic N) is 1. The standard InChI is InChI=1S/C11H16N2O10S2/c1-24(17,18)21-5-6-9(23-25(2,19)20)8(15)10(22-6)13-4-3-7(14)12-11(13)16/h3-4,6,8-10,15H,5H2,1-2H3,(H,12,14,16)/t6?,8?,9-,10?/m1/s1. The van der Waals surface area contributed by atoms with E-state index in [0.717, 1.165) is 29.3 Å². The summed E-state index contributed by atoms with van der Waals surface area (Å²) in [4.78, 5) is 24.9. The van der Waals surface area contributed by atoms with Crippen molar-refractivity contribution >= 4 is 20.2 Å². The molecule has 0 amide bonds. The fraction of sp³-hybridized carbons (Fsp3) is 0.636. The molecule has 1 aromatic rings. The van der Waals surface area contributed by atoms with Gasteiger partial charge in [0.25, 0.3) is 25.8 Å². The molecule has 2 rings (SSSR count). The van der Waals surface area contributed by atoms with Crippen LogP contribution in [0.1, 0.15) is 6.23 Å². The van der Waals surface area contributed by atoms with Gasteiger partial charge in [0.1, 0.15) is 18.3 Å². The molecule has 0 aromatic carbocycles. The Labute approximate surface area is 142 Å². The van der Waals surface area contributed by atoms with Crippen molar-refractivity contribution in [1.82, 2.24) is 9.55 Å². The number of aliphatic hydroxyl groups excluding tert-OH is 1. The molecule has 14 heteroatoms. The van der Waals surface area contributed by atoms with Gasteiger partial charge in [-0.1, -0.05) is 0 Å². The molecule has 1 aliphatic heterocycles. The molecule has 4 atom stereocenters. The molecule has 0 saturated carbocycles. The topological polar surface area (TPSA) is 171 Å². The monoisotopic (exact) mass is 400 g/mol. The van der Waals surface area contributed by atoms with E-state index in [2.05, 4.69) is 4.18 Å². The number of aliphatic hydroxyl groups is 1. The summed E-state index contributed by atoms with van der Waals surface area (Å²) in [6, 6.07) is 0.990. The van der Waals surface area contributed by atoms with Crippen LogP contribution in [0.4, 0.5) is 0 Å². The summed E-state index contributed by atoms with van der Waals surface area (Å²) >= 11 is 0. The maximum atomic E-state index is 11.8. The first-order valence-corrected chi connectivity index (χ1v) is 10.4. The summed E-state index contributed by atoms with van der Waals surface area (Å²) in [5.74, 6) is 0. The van der Waals surface area contributed by atoms with Gasteiger partial charge in [-0.15, -0.1) is 0 Å². The minimum absolute atomic E-state index is 0.648. The molecule has 1 aromatic heterocycles. The second kappa shape index (κ2) is 6.97. The van der Waals surface area contributed by atoms with Gasteiger partial charge in [-0.25, -0.2) is 4.79 Å². The average molecular weight is 400 g/mol. The zero-order valence-electron chi connectivity index (χ0n) is 13.1. The maximum Gasteiger partial charge on any atom is 0.330 e. The lowest BCUT2D eigenvalue weighted by Gasteiger charge is -2.19. The van der Waals surface area contributed by atoms with E-state index in [0.29, 0.717) is 0 Å². The van der Waals surface area contributed by atoms with E-state index in [-0.39, 0.29) is 0 Å². The van der Waals surface area contributed by atoms with Gasteiger partial charge < -0.3 is 9.84 Å². The van der Waals surface area contributed by atoms with Crippen LogP contribution in [-0.4, -0.2) is 68.9 Å². The van der Waals surface area contributed by atoms with Crippen molar-refractivity contribution < 1.29 is 35.0 Å². The highest BCUT2D eigenvalue weighted by atomic mass is 32.2. The minimum Gasteiger partial charge on any atom is -0.386 e. The Bertz CT molecular complexity index is 948. The van der Waals surface area contributed by atoms with Crippen LogP contribution in [0.3, 0.4) is 0 Å². The van der Waals surface area contributed by atoms with Crippen molar-refractivity contribution in [2.45, 2.75) is 24.5 Å². The molecule has 142 valence electrons. The highest BCUT2D eigenvalue weighted by Gasteiger charge is 2.48. The Morgan fingerprint density at radius 1 is 1.24 bits per heavy atom. The molecule has 2 N–H and O–H groups in total. The highest BCUT2D eigenvalue weighted by molar-refractivity contribution is 7.86. The van der Waals surface area contributed by atoms with E-state index >= 15 is 0 Å². The molecule has 0 radical (unpaired) electrons. The number of rotatable bonds is 6. The van der Waals surface area contributed by atoms with Gasteiger partial charge in [-0.2, -0.15) is 16.8 Å². The minimum atomic E-state index is -4.04. The molecule has 12 nitrogen and oxygen atoms in total. The van der Waals surface area contributed by atoms with Crippen molar-refractivity contribution in [2.75, 3.05) is 19.1 Å². The smallest absolute Gasteiger partial charge is 0.330 e.